The molecule has 14 nitrogen and oxygen atoms in total. The molecule has 85 heavy (non-hydrogen) atoms. The summed E-state index contributed by atoms with van der Waals surface area (Å²) in [7, 11) is 0. The lowest BCUT2D eigenvalue weighted by molar-refractivity contribution is -0.359. The Morgan fingerprint density at radius 2 is 0.812 bits per heavy atom. The Morgan fingerprint density at radius 1 is 0.435 bits per heavy atom. The van der Waals surface area contributed by atoms with Gasteiger partial charge in [-0.3, -0.25) is 4.79 Å². The topological polar surface area (TPSA) is 228 Å². The Hall–Kier alpha value is -2.57. The number of carbonyl (C=O) groups is 1. The maximum atomic E-state index is 13.3. The number of unbranched alkanes of at least 4 members (excludes halogenated alkanes) is 33. The predicted molar refractivity (Wildman–Crippen MR) is 346 cm³/mol. The van der Waals surface area contributed by atoms with Crippen LogP contribution in [-0.4, -0.2) is 140 Å². The second kappa shape index (κ2) is 55.5. The van der Waals surface area contributed by atoms with Gasteiger partial charge in [-0.1, -0.05) is 279 Å². The van der Waals surface area contributed by atoms with E-state index in [9.17, 15) is 45.6 Å². The molecule has 0 aromatic carbocycles. The zero-order valence-electron chi connectivity index (χ0n) is 53.6. The molecule has 0 saturated carbocycles. The Bertz CT molecular complexity index is 1700. The minimum Gasteiger partial charge on any atom is -0.394 e. The molecule has 0 aliphatic carbocycles. The number of nitrogens with one attached hydrogen (secondary N) is 1. The van der Waals surface area contributed by atoms with Gasteiger partial charge in [-0.05, 0) is 64.2 Å². The van der Waals surface area contributed by atoms with E-state index in [-0.39, 0.29) is 18.9 Å². The van der Waals surface area contributed by atoms with Crippen molar-refractivity contribution in [1.29, 1.82) is 0 Å². The standard InChI is InChI=1S/C71H127NO13/c1-3-5-7-9-11-13-15-16-17-18-19-20-21-22-23-24-25-26-27-28-29-30-31-32-33-34-35-36-37-38-39-40-41-42-43-44-45-47-49-51-53-55-63(76)72-59(60(75)54-52-50-48-46-14-12-10-8-6-4-2)58-82-70-68(81)66(79)69(62(57-74)84-70)85-71-67(80)65(78)64(77)61(56-73)83-71/h5,7,11,13,16-17,19-20,22-23,52,54,59-62,64-71,73-75,77-81H,3-4,6,8-10,12,14-15,18,21,24-51,53,55-58H2,1-2H3,(H,72,76)/b7-5-,13-11-,17-16-,20-19-,23-22-,54-52+. The number of carbonyl (C=O) groups excluding carboxylic acids is 1. The van der Waals surface area contributed by atoms with Crippen LogP contribution in [0.4, 0.5) is 0 Å². The summed E-state index contributed by atoms with van der Waals surface area (Å²) in [5.74, 6) is -0.238. The molecule has 494 valence electrons. The Kier molecular flexibility index (Phi) is 51.3. The lowest BCUT2D eigenvalue weighted by atomic mass is 9.97. The van der Waals surface area contributed by atoms with Crippen LogP contribution in [0.15, 0.2) is 72.9 Å². The summed E-state index contributed by atoms with van der Waals surface area (Å²) < 4.78 is 22.8. The minimum absolute atomic E-state index is 0.238. The van der Waals surface area contributed by atoms with Crippen LogP contribution in [0.2, 0.25) is 0 Å². The van der Waals surface area contributed by atoms with E-state index in [1.54, 1.807) is 6.08 Å². The lowest BCUT2D eigenvalue weighted by Gasteiger charge is -2.46. The fourth-order valence-corrected chi connectivity index (χ4v) is 11.1. The molecule has 0 aromatic heterocycles. The van der Waals surface area contributed by atoms with E-state index >= 15 is 0 Å². The van der Waals surface area contributed by atoms with Gasteiger partial charge in [0.1, 0.15) is 48.8 Å². The first-order valence-electron chi connectivity index (χ1n) is 34.7. The number of aliphatic hydroxyl groups is 8. The van der Waals surface area contributed by atoms with Crippen molar-refractivity contribution < 1.29 is 64.6 Å². The number of hydrogen-bond donors (Lipinski definition) is 9. The number of allylic oxidation sites excluding steroid dienone is 11. The SMILES string of the molecule is CC/C=C\C/C=C\C/C=C\C/C=C\C/C=C\CCCCCCCCCCCCCCCCCCCCCCCCCCCC(=O)NC(COC1OC(CO)C(OC2OC(CO)C(O)C(O)C2O)C(O)C1O)C(O)/C=C/CCCCCCCCCC. The maximum Gasteiger partial charge on any atom is 0.220 e. The average Bonchev–Trinajstić information content (AvgIpc) is 2.93. The van der Waals surface area contributed by atoms with Crippen LogP contribution in [-0.2, 0) is 23.7 Å². The van der Waals surface area contributed by atoms with Gasteiger partial charge in [0.05, 0.1) is 32.0 Å². The molecule has 14 heteroatoms. The lowest BCUT2D eigenvalue weighted by Crippen LogP contribution is -2.65. The molecule has 0 bridgehead atoms. The van der Waals surface area contributed by atoms with Crippen molar-refractivity contribution in [3.63, 3.8) is 0 Å². The van der Waals surface area contributed by atoms with Crippen LogP contribution >= 0.6 is 0 Å². The third-order valence-corrected chi connectivity index (χ3v) is 16.6. The van der Waals surface area contributed by atoms with Crippen molar-refractivity contribution >= 4 is 5.91 Å². The molecule has 2 aliphatic rings. The van der Waals surface area contributed by atoms with E-state index in [0.29, 0.717) is 6.42 Å². The summed E-state index contributed by atoms with van der Waals surface area (Å²) in [4.78, 5) is 13.3. The van der Waals surface area contributed by atoms with Gasteiger partial charge in [-0.15, -0.1) is 0 Å². The van der Waals surface area contributed by atoms with E-state index in [0.717, 1.165) is 70.6 Å². The third kappa shape index (κ3) is 39.9. The first kappa shape index (κ1) is 78.5. The Balaban J connectivity index is 1.51. The second-order valence-electron chi connectivity index (χ2n) is 24.3. The number of aliphatic hydroxyl groups excluding tert-OH is 8. The van der Waals surface area contributed by atoms with Gasteiger partial charge in [0.15, 0.2) is 12.6 Å². The molecule has 1 amide bonds. The zero-order valence-corrected chi connectivity index (χ0v) is 53.6. The number of hydrogen-bond acceptors (Lipinski definition) is 13. The molecule has 2 fully saturated rings. The molecule has 0 aromatic rings. The fraction of sp³-hybridized carbons (Fsp3) is 0.817. The van der Waals surface area contributed by atoms with E-state index in [1.807, 2.05) is 6.08 Å². The first-order chi connectivity index (χ1) is 41.6. The number of ether oxygens (including phenoxy) is 4. The van der Waals surface area contributed by atoms with Crippen LogP contribution in [0.3, 0.4) is 0 Å². The summed E-state index contributed by atoms with van der Waals surface area (Å²) in [6.45, 7) is 2.67. The molecule has 2 rings (SSSR count). The van der Waals surface area contributed by atoms with Crippen LogP contribution in [0, 0.1) is 0 Å². The highest BCUT2D eigenvalue weighted by atomic mass is 16.7. The number of amides is 1. The summed E-state index contributed by atoms with van der Waals surface area (Å²) in [6.07, 6.45) is 58.6. The van der Waals surface area contributed by atoms with Crippen molar-refractivity contribution in [2.24, 2.45) is 0 Å². The average molecular weight is 1200 g/mol. The van der Waals surface area contributed by atoms with Gasteiger partial charge in [0.25, 0.3) is 0 Å². The summed E-state index contributed by atoms with van der Waals surface area (Å²) >= 11 is 0. The number of rotatable bonds is 56. The van der Waals surface area contributed by atoms with Crippen molar-refractivity contribution in [3.8, 4) is 0 Å². The van der Waals surface area contributed by atoms with Gasteiger partial charge in [-0.25, -0.2) is 0 Å². The van der Waals surface area contributed by atoms with Gasteiger partial charge in [-0.2, -0.15) is 0 Å². The molecule has 12 unspecified atom stereocenters. The summed E-state index contributed by atoms with van der Waals surface area (Å²) in [6, 6.07) is -0.913. The van der Waals surface area contributed by atoms with E-state index in [2.05, 4.69) is 79.9 Å². The molecule has 2 heterocycles. The normalized spacial score (nSPS) is 24.0. The van der Waals surface area contributed by atoms with Gasteiger partial charge < -0.3 is 65.1 Å². The quantitative estimate of drug-likeness (QED) is 0.0204. The molecule has 2 saturated heterocycles. The monoisotopic (exact) mass is 1200 g/mol. The Morgan fingerprint density at radius 3 is 1.25 bits per heavy atom. The van der Waals surface area contributed by atoms with Crippen LogP contribution < -0.4 is 5.32 Å². The predicted octanol–water partition coefficient (Wildman–Crippen LogP) is 13.8. The summed E-state index contributed by atoms with van der Waals surface area (Å²) in [5, 5.41) is 87.0. The van der Waals surface area contributed by atoms with E-state index < -0.39 is 86.8 Å². The highest BCUT2D eigenvalue weighted by molar-refractivity contribution is 5.76. The van der Waals surface area contributed by atoms with E-state index in [1.165, 1.54) is 180 Å². The summed E-state index contributed by atoms with van der Waals surface area (Å²) in [5.41, 5.74) is 0. The second-order valence-corrected chi connectivity index (χ2v) is 24.3. The molecular formula is C71H127NO13. The van der Waals surface area contributed by atoms with Crippen LogP contribution in [0.5, 0.6) is 0 Å². The molecule has 12 atom stereocenters. The maximum absolute atomic E-state index is 13.3. The first-order valence-corrected chi connectivity index (χ1v) is 34.7. The third-order valence-electron chi connectivity index (χ3n) is 16.6. The molecule has 0 spiro atoms. The van der Waals surface area contributed by atoms with Crippen molar-refractivity contribution in [3.05, 3.63) is 72.9 Å². The molecule has 2 aliphatic heterocycles. The van der Waals surface area contributed by atoms with Gasteiger partial charge in [0.2, 0.25) is 5.91 Å². The molecule has 9 N–H and O–H groups in total. The smallest absolute Gasteiger partial charge is 0.220 e. The minimum atomic E-state index is -1.79. The van der Waals surface area contributed by atoms with Crippen molar-refractivity contribution in [1.82, 2.24) is 5.32 Å². The van der Waals surface area contributed by atoms with Crippen molar-refractivity contribution in [2.75, 3.05) is 19.8 Å². The van der Waals surface area contributed by atoms with Gasteiger partial charge in [0, 0.05) is 6.42 Å². The molecular weight excluding hydrogens is 1070 g/mol. The largest absolute Gasteiger partial charge is 0.394 e. The van der Waals surface area contributed by atoms with E-state index in [4.69, 9.17) is 18.9 Å². The van der Waals surface area contributed by atoms with Crippen LogP contribution in [0.25, 0.3) is 0 Å². The van der Waals surface area contributed by atoms with Crippen molar-refractivity contribution in [2.45, 2.75) is 351 Å². The fourth-order valence-electron chi connectivity index (χ4n) is 11.1. The zero-order chi connectivity index (χ0) is 61.6. The highest BCUT2D eigenvalue weighted by Crippen LogP contribution is 2.30. The van der Waals surface area contributed by atoms with Gasteiger partial charge >= 0.3 is 0 Å². The highest BCUT2D eigenvalue weighted by Gasteiger charge is 2.51. The molecule has 0 radical (unpaired) electrons. The Labute approximate surface area is 517 Å². The van der Waals surface area contributed by atoms with Crippen LogP contribution in [0.1, 0.15) is 277 Å².